The number of hydrogen-bond acceptors (Lipinski definition) is 2. The standard InChI is InChI=1S/C8H10O2.C6H6/c1-9-7-3-5-8(10-2)6-4-7;1-2-4-6-5-3-1/h3-6H,1-2H3;1-6H. The summed E-state index contributed by atoms with van der Waals surface area (Å²) >= 11 is 0. The van der Waals surface area contributed by atoms with E-state index >= 15 is 0 Å². The Balaban J connectivity index is 0.000000181. The fraction of sp³-hybridized carbons (Fsp3) is 0.143. The number of rotatable bonds is 2. The van der Waals surface area contributed by atoms with Crippen LogP contribution >= 0.6 is 0 Å². The second kappa shape index (κ2) is 7.35. The van der Waals surface area contributed by atoms with Crippen molar-refractivity contribution in [3.05, 3.63) is 60.7 Å². The Hall–Kier alpha value is -1.96. The highest BCUT2D eigenvalue weighted by Crippen LogP contribution is 2.15. The molecule has 0 spiro atoms. The van der Waals surface area contributed by atoms with Crippen molar-refractivity contribution in [2.24, 2.45) is 0 Å². The first-order chi connectivity index (χ1) is 7.86. The van der Waals surface area contributed by atoms with E-state index in [0.29, 0.717) is 0 Å². The minimum absolute atomic E-state index is 0.848. The van der Waals surface area contributed by atoms with Crippen LogP contribution in [-0.4, -0.2) is 14.2 Å². The van der Waals surface area contributed by atoms with Crippen molar-refractivity contribution in [2.75, 3.05) is 14.2 Å². The van der Waals surface area contributed by atoms with Crippen LogP contribution in [0.15, 0.2) is 60.7 Å². The molecule has 0 amide bonds. The first-order valence-corrected chi connectivity index (χ1v) is 5.05. The number of ether oxygens (including phenoxy) is 2. The Morgan fingerprint density at radius 1 is 0.562 bits per heavy atom. The highest BCUT2D eigenvalue weighted by atomic mass is 16.5. The van der Waals surface area contributed by atoms with Crippen LogP contribution in [0.1, 0.15) is 0 Å². The highest BCUT2D eigenvalue weighted by molar-refractivity contribution is 5.30. The zero-order valence-corrected chi connectivity index (χ0v) is 9.59. The fourth-order valence-corrected chi connectivity index (χ4v) is 1.10. The van der Waals surface area contributed by atoms with Gasteiger partial charge in [-0.2, -0.15) is 0 Å². The molecule has 2 heteroatoms. The molecule has 2 aromatic rings. The number of methoxy groups -OCH3 is 2. The van der Waals surface area contributed by atoms with Crippen LogP contribution in [0, 0.1) is 0 Å². The van der Waals surface area contributed by atoms with Crippen molar-refractivity contribution >= 4 is 0 Å². The molecular weight excluding hydrogens is 200 g/mol. The fourth-order valence-electron chi connectivity index (χ4n) is 1.10. The Kier molecular flexibility index (Phi) is 5.56. The molecule has 2 rings (SSSR count). The summed E-state index contributed by atoms with van der Waals surface area (Å²) in [4.78, 5) is 0. The molecule has 0 N–H and O–H groups in total. The molecule has 16 heavy (non-hydrogen) atoms. The van der Waals surface area contributed by atoms with E-state index in [4.69, 9.17) is 9.47 Å². The molecule has 2 nitrogen and oxygen atoms in total. The lowest BCUT2D eigenvalue weighted by molar-refractivity contribution is 0.403. The molecular formula is C14H16O2. The molecule has 0 aliphatic carbocycles. The van der Waals surface area contributed by atoms with Crippen LogP contribution in [0.3, 0.4) is 0 Å². The van der Waals surface area contributed by atoms with Gasteiger partial charge in [0.2, 0.25) is 0 Å². The Labute approximate surface area is 96.5 Å². The van der Waals surface area contributed by atoms with E-state index < -0.39 is 0 Å². The van der Waals surface area contributed by atoms with Gasteiger partial charge in [-0.1, -0.05) is 36.4 Å². The number of benzene rings is 2. The van der Waals surface area contributed by atoms with Gasteiger partial charge in [0, 0.05) is 0 Å². The Morgan fingerprint density at radius 2 is 0.812 bits per heavy atom. The van der Waals surface area contributed by atoms with Crippen LogP contribution < -0.4 is 9.47 Å². The molecule has 0 radical (unpaired) electrons. The van der Waals surface area contributed by atoms with Crippen molar-refractivity contribution < 1.29 is 9.47 Å². The first kappa shape index (κ1) is 12.1. The molecule has 0 aromatic heterocycles. The molecule has 0 bridgehead atoms. The van der Waals surface area contributed by atoms with Crippen LogP contribution in [0.4, 0.5) is 0 Å². The summed E-state index contributed by atoms with van der Waals surface area (Å²) in [5.74, 6) is 1.70. The lowest BCUT2D eigenvalue weighted by atomic mass is 10.3. The lowest BCUT2D eigenvalue weighted by Crippen LogP contribution is -1.83. The summed E-state index contributed by atoms with van der Waals surface area (Å²) in [6.07, 6.45) is 0. The maximum absolute atomic E-state index is 4.96. The molecule has 0 heterocycles. The molecule has 0 saturated carbocycles. The topological polar surface area (TPSA) is 18.5 Å². The molecule has 0 saturated heterocycles. The van der Waals surface area contributed by atoms with E-state index in [-0.39, 0.29) is 0 Å². The van der Waals surface area contributed by atoms with Gasteiger partial charge in [0.25, 0.3) is 0 Å². The molecule has 0 fully saturated rings. The molecule has 0 aliphatic rings. The minimum Gasteiger partial charge on any atom is -0.497 e. The summed E-state index contributed by atoms with van der Waals surface area (Å²) in [5.41, 5.74) is 0. The number of hydrogen-bond donors (Lipinski definition) is 0. The monoisotopic (exact) mass is 216 g/mol. The van der Waals surface area contributed by atoms with Crippen LogP contribution in [0.5, 0.6) is 11.5 Å². The third-order valence-corrected chi connectivity index (χ3v) is 1.96. The predicted octanol–water partition coefficient (Wildman–Crippen LogP) is 3.39. The zero-order chi connectivity index (χ0) is 11.6. The van der Waals surface area contributed by atoms with E-state index in [2.05, 4.69) is 0 Å². The van der Waals surface area contributed by atoms with Gasteiger partial charge in [0.1, 0.15) is 11.5 Å². The SMILES string of the molecule is COc1ccc(OC)cc1.c1ccccc1. The second-order valence-electron chi connectivity index (χ2n) is 3.03. The van der Waals surface area contributed by atoms with Crippen molar-refractivity contribution in [3.8, 4) is 11.5 Å². The summed E-state index contributed by atoms with van der Waals surface area (Å²) in [5, 5.41) is 0. The van der Waals surface area contributed by atoms with Gasteiger partial charge in [-0.15, -0.1) is 0 Å². The van der Waals surface area contributed by atoms with Crippen molar-refractivity contribution in [3.63, 3.8) is 0 Å². The summed E-state index contributed by atoms with van der Waals surface area (Å²) in [6, 6.07) is 19.4. The van der Waals surface area contributed by atoms with Crippen molar-refractivity contribution in [2.45, 2.75) is 0 Å². The van der Waals surface area contributed by atoms with Crippen molar-refractivity contribution in [1.82, 2.24) is 0 Å². The molecule has 84 valence electrons. The summed E-state index contributed by atoms with van der Waals surface area (Å²) in [6.45, 7) is 0. The summed E-state index contributed by atoms with van der Waals surface area (Å²) < 4.78 is 9.92. The molecule has 0 aliphatic heterocycles. The van der Waals surface area contributed by atoms with E-state index in [0.717, 1.165) is 11.5 Å². The van der Waals surface area contributed by atoms with Gasteiger partial charge >= 0.3 is 0 Å². The van der Waals surface area contributed by atoms with Crippen LogP contribution in [-0.2, 0) is 0 Å². The average molecular weight is 216 g/mol. The smallest absolute Gasteiger partial charge is 0.119 e. The third kappa shape index (κ3) is 4.51. The highest BCUT2D eigenvalue weighted by Gasteiger charge is 1.89. The summed E-state index contributed by atoms with van der Waals surface area (Å²) in [7, 11) is 3.28. The predicted molar refractivity (Wildman–Crippen MR) is 66.0 cm³/mol. The molecule has 2 aromatic carbocycles. The van der Waals surface area contributed by atoms with Crippen LogP contribution in [0.25, 0.3) is 0 Å². The lowest BCUT2D eigenvalue weighted by Gasteiger charge is -2.00. The maximum atomic E-state index is 4.96. The van der Waals surface area contributed by atoms with Gasteiger partial charge in [-0.25, -0.2) is 0 Å². The normalized spacial score (nSPS) is 8.62. The minimum atomic E-state index is 0.848. The quantitative estimate of drug-likeness (QED) is 0.766. The molecule has 0 unspecified atom stereocenters. The molecule has 0 atom stereocenters. The van der Waals surface area contributed by atoms with E-state index in [1.54, 1.807) is 14.2 Å². The Bertz CT molecular complexity index is 318. The van der Waals surface area contributed by atoms with E-state index in [1.807, 2.05) is 60.7 Å². The van der Waals surface area contributed by atoms with Gasteiger partial charge in [0.15, 0.2) is 0 Å². The van der Waals surface area contributed by atoms with Gasteiger partial charge < -0.3 is 9.47 Å². The van der Waals surface area contributed by atoms with E-state index in [9.17, 15) is 0 Å². The van der Waals surface area contributed by atoms with Crippen LogP contribution in [0.2, 0.25) is 0 Å². The van der Waals surface area contributed by atoms with Gasteiger partial charge in [-0.3, -0.25) is 0 Å². The van der Waals surface area contributed by atoms with E-state index in [1.165, 1.54) is 0 Å². The maximum Gasteiger partial charge on any atom is 0.119 e. The van der Waals surface area contributed by atoms with Crippen molar-refractivity contribution in [1.29, 1.82) is 0 Å². The largest absolute Gasteiger partial charge is 0.497 e. The van der Waals surface area contributed by atoms with Gasteiger partial charge in [0.05, 0.1) is 14.2 Å². The Morgan fingerprint density at radius 3 is 1.00 bits per heavy atom. The zero-order valence-electron chi connectivity index (χ0n) is 9.59. The average Bonchev–Trinajstić information content (AvgIpc) is 2.41. The van der Waals surface area contributed by atoms with Gasteiger partial charge in [-0.05, 0) is 24.3 Å². The second-order valence-corrected chi connectivity index (χ2v) is 3.03. The first-order valence-electron chi connectivity index (χ1n) is 5.05. The third-order valence-electron chi connectivity index (χ3n) is 1.96.